The average Bonchev–Trinajstić information content (AvgIpc) is 2.81. The molecular weight excluding hydrogens is 404 g/mol. The highest BCUT2D eigenvalue weighted by atomic mass is 32.2. The van der Waals surface area contributed by atoms with Crippen LogP contribution in [-0.4, -0.2) is 50.2 Å². The molecule has 1 aromatic carbocycles. The molecule has 2 amide bonds. The van der Waals surface area contributed by atoms with Crippen LogP contribution < -0.4 is 5.32 Å². The Hall–Kier alpha value is -2.35. The normalized spacial score (nSPS) is 24.5. The van der Waals surface area contributed by atoms with Gasteiger partial charge in [0.25, 0.3) is 0 Å². The number of carboxylic acid groups (broad SMARTS) is 1. The van der Waals surface area contributed by atoms with Crippen LogP contribution in [0.4, 0.5) is 0 Å². The van der Waals surface area contributed by atoms with Gasteiger partial charge >= 0.3 is 5.97 Å². The van der Waals surface area contributed by atoms with Crippen molar-refractivity contribution in [3.05, 3.63) is 35.4 Å². The standard InChI is InChI=1S/C22H28N2O5S/c1-12(2)19(30-13(3)25)20(26)23-16-11-14-7-4-5-8-15(14)17-9-6-10-18(22(28)29)24(17)21(16)27/h4-5,7-8,12,16-19H,6,9-11H2,1-3H3,(H,23,26)(H,28,29)/t16-,17+,18+,19-/m0/s1. The third-order valence-electron chi connectivity index (χ3n) is 5.78. The number of benzene rings is 1. The summed E-state index contributed by atoms with van der Waals surface area (Å²) in [6.07, 6.45) is 2.12. The number of nitrogens with zero attached hydrogens (tertiary/aromatic N) is 1. The summed E-state index contributed by atoms with van der Waals surface area (Å²) in [4.78, 5) is 51.4. The van der Waals surface area contributed by atoms with E-state index >= 15 is 0 Å². The molecule has 0 radical (unpaired) electrons. The van der Waals surface area contributed by atoms with Crippen LogP contribution >= 0.6 is 11.8 Å². The predicted octanol–water partition coefficient (Wildman–Crippen LogP) is 2.54. The highest BCUT2D eigenvalue weighted by Crippen LogP contribution is 2.39. The Morgan fingerprint density at radius 1 is 1.20 bits per heavy atom. The summed E-state index contributed by atoms with van der Waals surface area (Å²) in [6.45, 7) is 5.12. The van der Waals surface area contributed by atoms with Gasteiger partial charge in [-0.25, -0.2) is 4.79 Å². The maximum absolute atomic E-state index is 13.5. The van der Waals surface area contributed by atoms with E-state index in [0.717, 1.165) is 29.3 Å². The number of hydrogen-bond acceptors (Lipinski definition) is 5. The summed E-state index contributed by atoms with van der Waals surface area (Å²) >= 11 is 0.955. The fourth-order valence-electron chi connectivity index (χ4n) is 4.43. The Kier molecular flexibility index (Phi) is 6.85. The third kappa shape index (κ3) is 4.53. The van der Waals surface area contributed by atoms with Crippen molar-refractivity contribution < 1.29 is 24.3 Å². The average molecular weight is 433 g/mol. The summed E-state index contributed by atoms with van der Waals surface area (Å²) in [5.41, 5.74) is 1.89. The maximum atomic E-state index is 13.5. The second-order valence-corrected chi connectivity index (χ2v) is 9.60. The molecule has 3 rings (SSSR count). The molecule has 1 saturated heterocycles. The summed E-state index contributed by atoms with van der Waals surface area (Å²) in [5.74, 6) is -1.86. The molecule has 0 aromatic heterocycles. The van der Waals surface area contributed by atoms with Crippen LogP contribution in [-0.2, 0) is 25.6 Å². The van der Waals surface area contributed by atoms with E-state index in [1.807, 2.05) is 38.1 Å². The van der Waals surface area contributed by atoms with Gasteiger partial charge in [0.15, 0.2) is 5.12 Å². The van der Waals surface area contributed by atoms with Crippen LogP contribution in [0.1, 0.15) is 57.2 Å². The van der Waals surface area contributed by atoms with E-state index in [9.17, 15) is 24.3 Å². The van der Waals surface area contributed by atoms with Gasteiger partial charge in [0.2, 0.25) is 11.8 Å². The minimum absolute atomic E-state index is 0.0958. The van der Waals surface area contributed by atoms with Gasteiger partial charge in [-0.2, -0.15) is 0 Å². The van der Waals surface area contributed by atoms with Crippen molar-refractivity contribution >= 4 is 34.7 Å². The molecule has 1 aromatic rings. The van der Waals surface area contributed by atoms with Crippen LogP contribution in [0.15, 0.2) is 24.3 Å². The molecule has 2 aliphatic heterocycles. The monoisotopic (exact) mass is 432 g/mol. The van der Waals surface area contributed by atoms with E-state index in [-0.39, 0.29) is 28.9 Å². The first-order chi connectivity index (χ1) is 14.2. The SMILES string of the molecule is CC(=O)S[C@H](C(=O)N[C@H]1Cc2ccccc2[C@H]2CCC[C@H](C(=O)O)N2C1=O)C(C)C. The molecule has 2 aliphatic rings. The second-order valence-electron chi connectivity index (χ2n) is 8.28. The van der Waals surface area contributed by atoms with Crippen LogP contribution in [0, 0.1) is 5.92 Å². The Bertz CT molecular complexity index is 856. The third-order valence-corrected chi connectivity index (χ3v) is 7.12. The van der Waals surface area contributed by atoms with Crippen molar-refractivity contribution in [1.29, 1.82) is 0 Å². The number of rotatable bonds is 5. The van der Waals surface area contributed by atoms with Crippen LogP contribution in [0.3, 0.4) is 0 Å². The largest absolute Gasteiger partial charge is 0.480 e. The number of thioether (sulfide) groups is 1. The zero-order valence-corrected chi connectivity index (χ0v) is 18.3. The fourth-order valence-corrected chi connectivity index (χ4v) is 5.23. The molecule has 2 N–H and O–H groups in total. The first kappa shape index (κ1) is 22.3. The number of nitrogens with one attached hydrogen (secondary N) is 1. The van der Waals surface area contributed by atoms with E-state index in [1.54, 1.807) is 0 Å². The minimum atomic E-state index is -1.02. The van der Waals surface area contributed by atoms with Crippen molar-refractivity contribution in [2.24, 2.45) is 5.92 Å². The lowest BCUT2D eigenvalue weighted by Gasteiger charge is -2.40. The highest BCUT2D eigenvalue weighted by molar-refractivity contribution is 8.14. The Labute approximate surface area is 180 Å². The van der Waals surface area contributed by atoms with Crippen LogP contribution in [0.25, 0.3) is 0 Å². The number of carbonyl (C=O) groups is 4. The molecule has 0 unspecified atom stereocenters. The molecule has 30 heavy (non-hydrogen) atoms. The number of piperidine rings is 1. The van der Waals surface area contributed by atoms with E-state index in [2.05, 4.69) is 5.32 Å². The number of amides is 2. The lowest BCUT2D eigenvalue weighted by molar-refractivity contribution is -0.156. The van der Waals surface area contributed by atoms with Crippen molar-refractivity contribution in [2.75, 3.05) is 0 Å². The van der Waals surface area contributed by atoms with E-state index in [4.69, 9.17) is 0 Å². The van der Waals surface area contributed by atoms with Gasteiger partial charge in [0.05, 0.1) is 11.3 Å². The maximum Gasteiger partial charge on any atom is 0.326 e. The lowest BCUT2D eigenvalue weighted by atomic mass is 9.89. The number of carboxylic acids is 1. The zero-order chi connectivity index (χ0) is 22.0. The second kappa shape index (κ2) is 9.20. The smallest absolute Gasteiger partial charge is 0.326 e. The zero-order valence-electron chi connectivity index (χ0n) is 17.5. The van der Waals surface area contributed by atoms with Gasteiger partial charge in [0, 0.05) is 13.3 Å². The van der Waals surface area contributed by atoms with Gasteiger partial charge in [0.1, 0.15) is 12.1 Å². The van der Waals surface area contributed by atoms with Crippen molar-refractivity contribution in [3.63, 3.8) is 0 Å². The van der Waals surface area contributed by atoms with Gasteiger partial charge in [-0.05, 0) is 36.3 Å². The Morgan fingerprint density at radius 2 is 1.90 bits per heavy atom. The van der Waals surface area contributed by atoms with Gasteiger partial charge in [-0.3, -0.25) is 14.4 Å². The molecule has 2 heterocycles. The summed E-state index contributed by atoms with van der Waals surface area (Å²) in [6, 6.07) is 5.57. The molecule has 0 saturated carbocycles. The number of aliphatic carboxylic acids is 1. The van der Waals surface area contributed by atoms with Crippen molar-refractivity contribution in [1.82, 2.24) is 10.2 Å². The van der Waals surface area contributed by atoms with Crippen molar-refractivity contribution in [3.8, 4) is 0 Å². The fraction of sp³-hybridized carbons (Fsp3) is 0.545. The van der Waals surface area contributed by atoms with Gasteiger partial charge in [-0.1, -0.05) is 49.9 Å². The highest BCUT2D eigenvalue weighted by Gasteiger charge is 2.45. The molecule has 0 aliphatic carbocycles. The molecule has 7 nitrogen and oxygen atoms in total. The minimum Gasteiger partial charge on any atom is -0.480 e. The number of fused-ring (bicyclic) bond motifs is 3. The molecule has 1 fully saturated rings. The first-order valence-corrected chi connectivity index (χ1v) is 11.2. The molecule has 0 bridgehead atoms. The molecule has 8 heteroatoms. The topological polar surface area (TPSA) is 104 Å². The Balaban J connectivity index is 1.95. The summed E-state index contributed by atoms with van der Waals surface area (Å²) in [7, 11) is 0. The Morgan fingerprint density at radius 3 is 2.53 bits per heavy atom. The van der Waals surface area contributed by atoms with E-state index < -0.39 is 23.3 Å². The molecule has 0 spiro atoms. The van der Waals surface area contributed by atoms with E-state index in [0.29, 0.717) is 19.3 Å². The van der Waals surface area contributed by atoms with E-state index in [1.165, 1.54) is 11.8 Å². The van der Waals surface area contributed by atoms with Gasteiger partial charge < -0.3 is 15.3 Å². The molecular formula is C22H28N2O5S. The van der Waals surface area contributed by atoms with Crippen molar-refractivity contribution in [2.45, 2.75) is 69.8 Å². The predicted molar refractivity (Wildman–Crippen MR) is 114 cm³/mol. The number of carbonyl (C=O) groups excluding carboxylic acids is 3. The first-order valence-electron chi connectivity index (χ1n) is 10.3. The molecule has 4 atom stereocenters. The van der Waals surface area contributed by atoms with Crippen LogP contribution in [0.5, 0.6) is 0 Å². The molecule has 162 valence electrons. The number of hydrogen-bond donors (Lipinski definition) is 2. The van der Waals surface area contributed by atoms with Crippen LogP contribution in [0.2, 0.25) is 0 Å². The van der Waals surface area contributed by atoms with Gasteiger partial charge in [-0.15, -0.1) is 0 Å². The lowest BCUT2D eigenvalue weighted by Crippen LogP contribution is -2.56. The summed E-state index contributed by atoms with van der Waals surface area (Å²) in [5, 5.41) is 11.8. The quantitative estimate of drug-likeness (QED) is 0.741. The summed E-state index contributed by atoms with van der Waals surface area (Å²) < 4.78 is 0.